The molecule has 2 heteroatoms. The molecule has 0 spiro atoms. The third-order valence-corrected chi connectivity index (χ3v) is 3.55. The predicted octanol–water partition coefficient (Wildman–Crippen LogP) is 4.24. The summed E-state index contributed by atoms with van der Waals surface area (Å²) in [6.07, 6.45) is 0.343. The molecule has 1 atom stereocenters. The highest BCUT2D eigenvalue weighted by atomic mass is 16.4. The van der Waals surface area contributed by atoms with Crippen LogP contribution in [0.3, 0.4) is 0 Å². The third-order valence-electron chi connectivity index (χ3n) is 3.55. The largest absolute Gasteiger partial charge is 0.481 e. The normalized spacial score (nSPS) is 11.3. The van der Waals surface area contributed by atoms with Gasteiger partial charge in [-0.1, -0.05) is 48.5 Å². The molecular formula is C19H18O2. The number of carboxylic acids is 1. The second-order valence-corrected chi connectivity index (χ2v) is 4.96. The molecule has 0 saturated heterocycles. The van der Waals surface area contributed by atoms with Gasteiger partial charge in [0, 0.05) is 6.42 Å². The highest BCUT2D eigenvalue weighted by molar-refractivity contribution is 5.77. The van der Waals surface area contributed by atoms with Gasteiger partial charge in [0.15, 0.2) is 0 Å². The molecule has 0 fully saturated rings. The first-order valence-corrected chi connectivity index (χ1v) is 6.92. The van der Waals surface area contributed by atoms with Gasteiger partial charge < -0.3 is 5.11 Å². The summed E-state index contributed by atoms with van der Waals surface area (Å²) in [6, 6.07) is 15.9. The van der Waals surface area contributed by atoms with E-state index in [2.05, 4.69) is 30.9 Å². The van der Waals surface area contributed by atoms with Crippen LogP contribution < -0.4 is 0 Å². The second kappa shape index (κ2) is 6.76. The standard InChI is InChI=1S/C19H18O2/c1-3-4-8-18(19(20)21)16-12-10-15(11-13-16)17-9-6-5-7-14(17)2/h5-7,9-13,18H,8H2,1-2H3,(H,20,21). The summed E-state index contributed by atoms with van der Waals surface area (Å²) in [5.41, 5.74) is 4.27. The zero-order valence-electron chi connectivity index (χ0n) is 12.3. The van der Waals surface area contributed by atoms with E-state index in [4.69, 9.17) is 0 Å². The summed E-state index contributed by atoms with van der Waals surface area (Å²) in [5, 5.41) is 9.32. The Balaban J connectivity index is 2.31. The fourth-order valence-corrected chi connectivity index (χ4v) is 2.34. The topological polar surface area (TPSA) is 37.3 Å². The first-order chi connectivity index (χ1) is 10.1. The molecule has 2 nitrogen and oxygen atoms in total. The van der Waals surface area contributed by atoms with Crippen molar-refractivity contribution in [2.24, 2.45) is 0 Å². The van der Waals surface area contributed by atoms with Crippen molar-refractivity contribution in [2.45, 2.75) is 26.2 Å². The van der Waals surface area contributed by atoms with E-state index in [9.17, 15) is 9.90 Å². The number of carbonyl (C=O) groups is 1. The second-order valence-electron chi connectivity index (χ2n) is 4.96. The molecule has 2 aromatic rings. The van der Waals surface area contributed by atoms with E-state index < -0.39 is 11.9 Å². The van der Waals surface area contributed by atoms with Crippen LogP contribution in [0.5, 0.6) is 0 Å². The summed E-state index contributed by atoms with van der Waals surface area (Å²) in [5.74, 6) is 4.21. The Morgan fingerprint density at radius 3 is 2.38 bits per heavy atom. The van der Waals surface area contributed by atoms with Crippen LogP contribution in [0, 0.1) is 18.8 Å². The molecule has 0 bridgehead atoms. The molecule has 0 heterocycles. The molecule has 1 unspecified atom stereocenters. The van der Waals surface area contributed by atoms with Gasteiger partial charge in [0.25, 0.3) is 0 Å². The van der Waals surface area contributed by atoms with Gasteiger partial charge in [-0.05, 0) is 36.1 Å². The number of carboxylic acid groups (broad SMARTS) is 1. The van der Waals surface area contributed by atoms with E-state index in [0.717, 1.165) is 11.1 Å². The molecule has 0 aromatic heterocycles. The van der Waals surface area contributed by atoms with Gasteiger partial charge in [0.2, 0.25) is 0 Å². The molecule has 21 heavy (non-hydrogen) atoms. The van der Waals surface area contributed by atoms with Crippen LogP contribution in [-0.4, -0.2) is 11.1 Å². The Hall–Kier alpha value is -2.53. The summed E-state index contributed by atoms with van der Waals surface area (Å²) < 4.78 is 0. The average Bonchev–Trinajstić information content (AvgIpc) is 2.49. The summed E-state index contributed by atoms with van der Waals surface area (Å²) >= 11 is 0. The lowest BCUT2D eigenvalue weighted by Crippen LogP contribution is -2.10. The molecular weight excluding hydrogens is 260 g/mol. The van der Waals surface area contributed by atoms with Gasteiger partial charge in [0.05, 0.1) is 5.92 Å². The van der Waals surface area contributed by atoms with E-state index in [1.807, 2.05) is 36.4 Å². The van der Waals surface area contributed by atoms with Crippen molar-refractivity contribution in [3.8, 4) is 23.0 Å². The number of aliphatic carboxylic acids is 1. The number of hydrogen-bond acceptors (Lipinski definition) is 1. The van der Waals surface area contributed by atoms with Crippen molar-refractivity contribution in [1.82, 2.24) is 0 Å². The molecule has 0 aliphatic heterocycles. The van der Waals surface area contributed by atoms with Crippen LogP contribution in [-0.2, 0) is 4.79 Å². The van der Waals surface area contributed by atoms with Gasteiger partial charge >= 0.3 is 5.97 Å². The molecule has 0 radical (unpaired) electrons. The molecule has 1 N–H and O–H groups in total. The number of hydrogen-bond donors (Lipinski definition) is 1. The van der Waals surface area contributed by atoms with Crippen molar-refractivity contribution in [3.63, 3.8) is 0 Å². The molecule has 0 aliphatic rings. The van der Waals surface area contributed by atoms with Crippen LogP contribution in [0.25, 0.3) is 11.1 Å². The highest BCUT2D eigenvalue weighted by Crippen LogP contribution is 2.26. The van der Waals surface area contributed by atoms with Gasteiger partial charge in [-0.3, -0.25) is 4.79 Å². The maximum absolute atomic E-state index is 11.3. The van der Waals surface area contributed by atoms with E-state index in [-0.39, 0.29) is 0 Å². The van der Waals surface area contributed by atoms with Crippen molar-refractivity contribution in [3.05, 3.63) is 59.7 Å². The lowest BCUT2D eigenvalue weighted by Gasteiger charge is -2.11. The fourth-order valence-electron chi connectivity index (χ4n) is 2.34. The van der Waals surface area contributed by atoms with Crippen molar-refractivity contribution < 1.29 is 9.90 Å². The van der Waals surface area contributed by atoms with Crippen LogP contribution in [0.1, 0.15) is 30.4 Å². The lowest BCUT2D eigenvalue weighted by molar-refractivity contribution is -0.138. The first-order valence-electron chi connectivity index (χ1n) is 6.92. The maximum Gasteiger partial charge on any atom is 0.311 e. The van der Waals surface area contributed by atoms with E-state index >= 15 is 0 Å². The molecule has 2 aromatic carbocycles. The van der Waals surface area contributed by atoms with Gasteiger partial charge in [-0.25, -0.2) is 0 Å². The molecule has 0 saturated carbocycles. The fraction of sp³-hybridized carbons (Fsp3) is 0.211. The number of aryl methyl sites for hydroxylation is 1. The van der Waals surface area contributed by atoms with Gasteiger partial charge in [-0.15, -0.1) is 11.8 Å². The molecule has 0 amide bonds. The van der Waals surface area contributed by atoms with Crippen LogP contribution >= 0.6 is 0 Å². The Morgan fingerprint density at radius 1 is 1.14 bits per heavy atom. The quantitative estimate of drug-likeness (QED) is 0.849. The van der Waals surface area contributed by atoms with Crippen molar-refractivity contribution in [2.75, 3.05) is 0 Å². The maximum atomic E-state index is 11.3. The minimum Gasteiger partial charge on any atom is -0.481 e. The van der Waals surface area contributed by atoms with Crippen molar-refractivity contribution >= 4 is 5.97 Å². The van der Waals surface area contributed by atoms with E-state index in [1.54, 1.807) is 6.92 Å². The summed E-state index contributed by atoms with van der Waals surface area (Å²) in [7, 11) is 0. The Kier molecular flexibility index (Phi) is 4.79. The van der Waals surface area contributed by atoms with Crippen LogP contribution in [0.4, 0.5) is 0 Å². The average molecular weight is 278 g/mol. The zero-order valence-corrected chi connectivity index (χ0v) is 12.3. The van der Waals surface area contributed by atoms with Gasteiger partial charge in [-0.2, -0.15) is 0 Å². The van der Waals surface area contributed by atoms with E-state index in [1.165, 1.54) is 11.1 Å². The first kappa shape index (κ1) is 14.9. The Labute approximate surface area is 125 Å². The summed E-state index contributed by atoms with van der Waals surface area (Å²) in [6.45, 7) is 3.79. The zero-order chi connectivity index (χ0) is 15.2. The van der Waals surface area contributed by atoms with Gasteiger partial charge in [0.1, 0.15) is 0 Å². The summed E-state index contributed by atoms with van der Waals surface area (Å²) in [4.78, 5) is 11.3. The number of benzene rings is 2. The smallest absolute Gasteiger partial charge is 0.311 e. The minimum absolute atomic E-state index is 0.343. The predicted molar refractivity (Wildman–Crippen MR) is 85.1 cm³/mol. The monoisotopic (exact) mass is 278 g/mol. The Morgan fingerprint density at radius 2 is 1.81 bits per heavy atom. The third kappa shape index (κ3) is 3.52. The molecule has 106 valence electrons. The van der Waals surface area contributed by atoms with Crippen LogP contribution in [0.2, 0.25) is 0 Å². The van der Waals surface area contributed by atoms with Crippen molar-refractivity contribution in [1.29, 1.82) is 0 Å². The molecule has 0 aliphatic carbocycles. The van der Waals surface area contributed by atoms with Crippen LogP contribution in [0.15, 0.2) is 48.5 Å². The Bertz CT molecular complexity index is 687. The molecule has 2 rings (SSSR count). The minimum atomic E-state index is -0.832. The van der Waals surface area contributed by atoms with E-state index in [0.29, 0.717) is 6.42 Å². The number of rotatable bonds is 4. The highest BCUT2D eigenvalue weighted by Gasteiger charge is 2.18. The lowest BCUT2D eigenvalue weighted by atomic mass is 9.93. The SMILES string of the molecule is CC#CCC(C(=O)O)c1ccc(-c2ccccc2C)cc1.